The second-order valence-electron chi connectivity index (χ2n) is 7.51. The number of hydrogen-bond acceptors (Lipinski definition) is 4. The lowest BCUT2D eigenvalue weighted by Gasteiger charge is -2.35. The molecule has 2 aromatic carbocycles. The summed E-state index contributed by atoms with van der Waals surface area (Å²) in [5.74, 6) is 0.0394. The van der Waals surface area contributed by atoms with Gasteiger partial charge < -0.3 is 9.64 Å². The summed E-state index contributed by atoms with van der Waals surface area (Å²) in [7, 11) is -3.55. The summed E-state index contributed by atoms with van der Waals surface area (Å²) in [5.41, 5.74) is 2.04. The highest BCUT2D eigenvalue weighted by Gasteiger charge is 2.34. The van der Waals surface area contributed by atoms with E-state index in [0.29, 0.717) is 57.1 Å². The highest BCUT2D eigenvalue weighted by Crippen LogP contribution is 2.27. The third-order valence-corrected chi connectivity index (χ3v) is 7.64. The Morgan fingerprint density at radius 1 is 0.828 bits per heavy atom. The number of sulfonamides is 1. The van der Waals surface area contributed by atoms with Crippen LogP contribution < -0.4 is 0 Å². The van der Waals surface area contributed by atoms with Crippen LogP contribution in [0.1, 0.15) is 12.8 Å². The Kier molecular flexibility index (Phi) is 5.99. The van der Waals surface area contributed by atoms with Crippen molar-refractivity contribution < 1.29 is 17.9 Å². The van der Waals surface area contributed by atoms with Gasteiger partial charge in [-0.05, 0) is 36.1 Å². The SMILES string of the molecule is O=C(C1CCN(S(=O)(=O)c2ccc(-c3ccccc3)cc2)CC1)N1CCOCC1. The van der Waals surface area contributed by atoms with Crippen molar-refractivity contribution in [2.24, 2.45) is 5.92 Å². The number of carbonyl (C=O) groups excluding carboxylic acids is 1. The fourth-order valence-corrected chi connectivity index (χ4v) is 5.45. The summed E-state index contributed by atoms with van der Waals surface area (Å²) in [4.78, 5) is 14.8. The quantitative estimate of drug-likeness (QED) is 0.771. The topological polar surface area (TPSA) is 66.9 Å². The average Bonchev–Trinajstić information content (AvgIpc) is 2.80. The van der Waals surface area contributed by atoms with Gasteiger partial charge in [0, 0.05) is 32.1 Å². The second-order valence-corrected chi connectivity index (χ2v) is 9.44. The van der Waals surface area contributed by atoms with Gasteiger partial charge in [0.15, 0.2) is 0 Å². The first-order valence-corrected chi connectivity index (χ1v) is 11.5. The fraction of sp³-hybridized carbons (Fsp3) is 0.409. The molecule has 6 nitrogen and oxygen atoms in total. The molecule has 29 heavy (non-hydrogen) atoms. The number of amides is 1. The summed E-state index contributed by atoms with van der Waals surface area (Å²) in [6.07, 6.45) is 1.13. The molecule has 0 N–H and O–H groups in total. The zero-order valence-corrected chi connectivity index (χ0v) is 17.2. The fourth-order valence-electron chi connectivity index (χ4n) is 3.98. The van der Waals surface area contributed by atoms with Gasteiger partial charge in [-0.25, -0.2) is 8.42 Å². The van der Waals surface area contributed by atoms with E-state index in [2.05, 4.69) is 0 Å². The van der Waals surface area contributed by atoms with Gasteiger partial charge in [0.2, 0.25) is 15.9 Å². The predicted molar refractivity (Wildman–Crippen MR) is 111 cm³/mol. The van der Waals surface area contributed by atoms with Crippen LogP contribution >= 0.6 is 0 Å². The third kappa shape index (κ3) is 4.37. The van der Waals surface area contributed by atoms with Gasteiger partial charge in [-0.1, -0.05) is 42.5 Å². The van der Waals surface area contributed by atoms with Gasteiger partial charge in [0.05, 0.1) is 18.1 Å². The third-order valence-electron chi connectivity index (χ3n) is 5.73. The first-order chi connectivity index (χ1) is 14.1. The van der Waals surface area contributed by atoms with Crippen LogP contribution in [0.15, 0.2) is 59.5 Å². The summed E-state index contributed by atoms with van der Waals surface area (Å²) in [5, 5.41) is 0. The number of nitrogens with zero attached hydrogens (tertiary/aromatic N) is 2. The summed E-state index contributed by atoms with van der Waals surface area (Å²) in [6.45, 7) is 3.18. The Morgan fingerprint density at radius 3 is 2.03 bits per heavy atom. The van der Waals surface area contributed by atoms with Crippen LogP contribution in [0.25, 0.3) is 11.1 Å². The average molecular weight is 415 g/mol. The predicted octanol–water partition coefficient (Wildman–Crippen LogP) is 2.61. The summed E-state index contributed by atoms with van der Waals surface area (Å²) in [6, 6.07) is 16.9. The van der Waals surface area contributed by atoms with Gasteiger partial charge in [0.25, 0.3) is 0 Å². The highest BCUT2D eigenvalue weighted by molar-refractivity contribution is 7.89. The molecule has 2 aromatic rings. The molecular weight excluding hydrogens is 388 g/mol. The Hall–Kier alpha value is -2.22. The van der Waals surface area contributed by atoms with Crippen LogP contribution in [0.5, 0.6) is 0 Å². The molecule has 2 saturated heterocycles. The number of ether oxygens (including phenoxy) is 1. The maximum atomic E-state index is 13.0. The maximum Gasteiger partial charge on any atom is 0.243 e. The number of morpholine rings is 1. The van der Waals surface area contributed by atoms with Crippen molar-refractivity contribution in [1.29, 1.82) is 0 Å². The Labute approximate surface area is 172 Å². The standard InChI is InChI=1S/C22H26N2O4S/c25-22(23-14-16-28-17-15-23)20-10-12-24(13-11-20)29(26,27)21-8-6-19(7-9-21)18-4-2-1-3-5-18/h1-9,20H,10-17H2. The molecule has 4 rings (SSSR count). The highest BCUT2D eigenvalue weighted by atomic mass is 32.2. The molecule has 0 atom stereocenters. The smallest absolute Gasteiger partial charge is 0.243 e. The number of rotatable bonds is 4. The molecule has 0 aliphatic carbocycles. The van der Waals surface area contributed by atoms with Gasteiger partial charge in [-0.15, -0.1) is 0 Å². The molecule has 2 fully saturated rings. The van der Waals surface area contributed by atoms with E-state index in [9.17, 15) is 13.2 Å². The van der Waals surface area contributed by atoms with Crippen molar-refractivity contribution in [3.63, 3.8) is 0 Å². The van der Waals surface area contributed by atoms with Crippen molar-refractivity contribution in [2.45, 2.75) is 17.7 Å². The lowest BCUT2D eigenvalue weighted by atomic mass is 9.96. The lowest BCUT2D eigenvalue weighted by molar-refractivity contribution is -0.140. The van der Waals surface area contributed by atoms with Crippen molar-refractivity contribution in [3.05, 3.63) is 54.6 Å². The Morgan fingerprint density at radius 2 is 1.41 bits per heavy atom. The maximum absolute atomic E-state index is 13.0. The Balaban J connectivity index is 1.40. The molecule has 0 unspecified atom stereocenters. The zero-order chi connectivity index (χ0) is 20.3. The van der Waals surface area contributed by atoms with E-state index >= 15 is 0 Å². The minimum atomic E-state index is -3.55. The van der Waals surface area contributed by atoms with E-state index in [4.69, 9.17) is 4.74 Å². The molecule has 2 aliphatic rings. The lowest BCUT2D eigenvalue weighted by Crippen LogP contribution is -2.47. The van der Waals surface area contributed by atoms with Gasteiger partial charge in [0.1, 0.15) is 0 Å². The second kappa shape index (κ2) is 8.65. The molecule has 1 amide bonds. The van der Waals surface area contributed by atoms with Crippen molar-refractivity contribution in [1.82, 2.24) is 9.21 Å². The number of benzene rings is 2. The van der Waals surface area contributed by atoms with Crippen molar-refractivity contribution in [2.75, 3.05) is 39.4 Å². The van der Waals surface area contributed by atoms with E-state index < -0.39 is 10.0 Å². The van der Waals surface area contributed by atoms with E-state index in [-0.39, 0.29) is 11.8 Å². The Bertz CT molecular complexity index is 931. The monoisotopic (exact) mass is 414 g/mol. The summed E-state index contributed by atoms with van der Waals surface area (Å²) < 4.78 is 32.9. The van der Waals surface area contributed by atoms with Gasteiger partial charge >= 0.3 is 0 Å². The molecule has 154 valence electrons. The molecule has 2 heterocycles. The van der Waals surface area contributed by atoms with Crippen molar-refractivity contribution in [3.8, 4) is 11.1 Å². The van der Waals surface area contributed by atoms with Crippen LogP contribution in [-0.2, 0) is 19.6 Å². The van der Waals surface area contributed by atoms with Crippen LogP contribution in [0.3, 0.4) is 0 Å². The van der Waals surface area contributed by atoms with Crippen LogP contribution in [0.2, 0.25) is 0 Å². The molecule has 0 bridgehead atoms. The molecule has 0 aromatic heterocycles. The first-order valence-electron chi connectivity index (χ1n) is 10.1. The molecule has 7 heteroatoms. The van der Waals surface area contributed by atoms with E-state index in [1.54, 1.807) is 12.1 Å². The number of carbonyl (C=O) groups is 1. The van der Waals surface area contributed by atoms with Gasteiger partial charge in [-0.3, -0.25) is 4.79 Å². The van der Waals surface area contributed by atoms with E-state index in [0.717, 1.165) is 11.1 Å². The summed E-state index contributed by atoms with van der Waals surface area (Å²) >= 11 is 0. The first kappa shape index (κ1) is 20.1. The molecule has 0 radical (unpaired) electrons. The normalized spacial score (nSPS) is 19.2. The molecular formula is C22H26N2O4S. The number of piperidine rings is 1. The van der Waals surface area contributed by atoms with Crippen LogP contribution in [0, 0.1) is 5.92 Å². The largest absolute Gasteiger partial charge is 0.378 e. The minimum Gasteiger partial charge on any atom is -0.378 e. The minimum absolute atomic E-state index is 0.0972. The molecule has 0 spiro atoms. The van der Waals surface area contributed by atoms with E-state index in [1.807, 2.05) is 47.4 Å². The van der Waals surface area contributed by atoms with Crippen LogP contribution in [0.4, 0.5) is 0 Å². The molecule has 2 aliphatic heterocycles. The zero-order valence-electron chi connectivity index (χ0n) is 16.4. The van der Waals surface area contributed by atoms with Crippen molar-refractivity contribution >= 4 is 15.9 Å². The molecule has 0 saturated carbocycles. The number of hydrogen-bond donors (Lipinski definition) is 0. The van der Waals surface area contributed by atoms with E-state index in [1.165, 1.54) is 4.31 Å². The van der Waals surface area contributed by atoms with Gasteiger partial charge in [-0.2, -0.15) is 4.31 Å². The van der Waals surface area contributed by atoms with Crippen LogP contribution in [-0.4, -0.2) is 62.9 Å².